The van der Waals surface area contributed by atoms with Crippen LogP contribution in [-0.2, 0) is 49.5 Å². The SMILES string of the molecule is CCC(C)(C)C(=O)C(=O)N1CCCCC1C(=O)O[C@H](CCc1ccc(OC)c(OC)c1)c1cccc(NC(=O)CCC(=O)NCCCCNC(=O)COc2cccc3c2C(=O)N(C2CCC(=O)NC2=O)C3=O)c1. The quantitative estimate of drug-likeness (QED) is 0.0417. The van der Waals surface area contributed by atoms with Gasteiger partial charge in [0.2, 0.25) is 29.4 Å². The number of benzene rings is 3. The van der Waals surface area contributed by atoms with Crippen molar-refractivity contribution in [1.82, 2.24) is 25.8 Å². The van der Waals surface area contributed by atoms with E-state index < -0.39 is 83.3 Å². The molecule has 3 aromatic rings. The number of esters is 1. The number of fused-ring (bicyclic) bond motifs is 1. The summed E-state index contributed by atoms with van der Waals surface area (Å²) in [4.78, 5) is 132. The van der Waals surface area contributed by atoms with Gasteiger partial charge in [-0.2, -0.15) is 0 Å². The molecule has 0 spiro atoms. The fourth-order valence-electron chi connectivity index (χ4n) is 8.71. The molecule has 20 nitrogen and oxygen atoms in total. The highest BCUT2D eigenvalue weighted by molar-refractivity contribution is 6.38. The maximum atomic E-state index is 14.0. The van der Waals surface area contributed by atoms with Crippen molar-refractivity contribution in [2.24, 2.45) is 5.41 Å². The fourth-order valence-corrected chi connectivity index (χ4v) is 8.71. The predicted octanol–water partition coefficient (Wildman–Crippen LogP) is 4.52. The Kier molecular flexibility index (Phi) is 18.8. The normalized spacial score (nSPS) is 16.9. The van der Waals surface area contributed by atoms with Crippen LogP contribution in [0.4, 0.5) is 5.69 Å². The lowest BCUT2D eigenvalue weighted by atomic mass is 9.84. The van der Waals surface area contributed by atoms with Crippen LogP contribution < -0.4 is 35.5 Å². The number of aryl methyl sites for hydroxylation is 1. The average molecular weight is 1010 g/mol. The number of nitrogens with one attached hydrogen (secondary N) is 4. The molecule has 2 saturated heterocycles. The monoisotopic (exact) mass is 1010 g/mol. The van der Waals surface area contributed by atoms with Crippen LogP contribution in [-0.4, -0.2) is 121 Å². The summed E-state index contributed by atoms with van der Waals surface area (Å²) >= 11 is 0. The Morgan fingerprint density at radius 1 is 0.795 bits per heavy atom. The number of Topliss-reactive ketones (excluding diaryl/α,β-unsaturated/α-hetero) is 1. The van der Waals surface area contributed by atoms with Gasteiger partial charge in [0.15, 0.2) is 18.1 Å². The van der Waals surface area contributed by atoms with Gasteiger partial charge < -0.3 is 39.8 Å². The molecule has 0 aliphatic carbocycles. The van der Waals surface area contributed by atoms with Crippen LogP contribution in [0.1, 0.15) is 129 Å². The number of ether oxygens (including phenoxy) is 4. The van der Waals surface area contributed by atoms with Gasteiger partial charge in [-0.25, -0.2) is 4.79 Å². The predicted molar refractivity (Wildman–Crippen MR) is 263 cm³/mol. The van der Waals surface area contributed by atoms with Crippen molar-refractivity contribution in [3.63, 3.8) is 0 Å². The molecule has 20 heteroatoms. The van der Waals surface area contributed by atoms with Crippen LogP contribution in [0.3, 0.4) is 0 Å². The molecule has 2 fully saturated rings. The summed E-state index contributed by atoms with van der Waals surface area (Å²) in [5.41, 5.74) is 0.949. The number of anilines is 1. The van der Waals surface area contributed by atoms with Crippen molar-refractivity contribution >= 4 is 64.7 Å². The van der Waals surface area contributed by atoms with Crippen molar-refractivity contribution < 1.29 is 66.9 Å². The van der Waals surface area contributed by atoms with Gasteiger partial charge >= 0.3 is 5.97 Å². The molecule has 3 heterocycles. The zero-order valence-electron chi connectivity index (χ0n) is 41.9. The number of carbonyl (C=O) groups excluding carboxylic acids is 10. The number of amides is 8. The number of hydrogen-bond donors (Lipinski definition) is 4. The second-order valence-corrected chi connectivity index (χ2v) is 18.7. The Balaban J connectivity index is 0.958. The molecule has 0 aromatic heterocycles. The maximum Gasteiger partial charge on any atom is 0.329 e. The number of piperidine rings is 2. The summed E-state index contributed by atoms with van der Waals surface area (Å²) in [5, 5.41) is 10.4. The van der Waals surface area contributed by atoms with Gasteiger partial charge in [-0.1, -0.05) is 45.0 Å². The number of imide groups is 2. The number of carbonyl (C=O) groups is 10. The number of likely N-dealkylation sites (tertiary alicyclic amines) is 1. The summed E-state index contributed by atoms with van der Waals surface area (Å²) in [6.07, 6.45) is 2.85. The average Bonchev–Trinajstić information content (AvgIpc) is 3.64. The first-order valence-corrected chi connectivity index (χ1v) is 24.6. The molecule has 0 saturated carbocycles. The first-order valence-electron chi connectivity index (χ1n) is 24.6. The topological polar surface area (TPSA) is 262 Å². The van der Waals surface area contributed by atoms with Gasteiger partial charge in [-0.3, -0.25) is 53.4 Å². The third-order valence-electron chi connectivity index (χ3n) is 13.3. The largest absolute Gasteiger partial charge is 0.493 e. The van der Waals surface area contributed by atoms with Crippen molar-refractivity contribution in [3.8, 4) is 17.2 Å². The van der Waals surface area contributed by atoms with Crippen LogP contribution in [0.15, 0.2) is 60.7 Å². The van der Waals surface area contributed by atoms with E-state index in [0.717, 1.165) is 10.5 Å². The first kappa shape index (κ1) is 54.7. The highest BCUT2D eigenvalue weighted by Crippen LogP contribution is 2.35. The van der Waals surface area contributed by atoms with E-state index in [9.17, 15) is 47.9 Å². The molecule has 3 aliphatic rings. The molecule has 0 bridgehead atoms. The fraction of sp³-hybridized carbons (Fsp3) is 0.472. The van der Waals surface area contributed by atoms with Crippen molar-refractivity contribution in [3.05, 3.63) is 82.9 Å². The van der Waals surface area contributed by atoms with E-state index in [1.807, 2.05) is 19.1 Å². The Labute approximate surface area is 423 Å². The van der Waals surface area contributed by atoms with E-state index >= 15 is 0 Å². The molecule has 3 atom stereocenters. The molecule has 3 aromatic carbocycles. The summed E-state index contributed by atoms with van der Waals surface area (Å²) in [5.74, 6) is -4.72. The zero-order valence-corrected chi connectivity index (χ0v) is 41.9. The van der Waals surface area contributed by atoms with Gasteiger partial charge in [0.25, 0.3) is 23.6 Å². The van der Waals surface area contributed by atoms with Gasteiger partial charge in [0.05, 0.1) is 25.3 Å². The maximum absolute atomic E-state index is 14.0. The number of hydrogen-bond acceptors (Lipinski definition) is 14. The molecule has 8 amide bonds. The second kappa shape index (κ2) is 25.1. The molecule has 2 unspecified atom stereocenters. The van der Waals surface area contributed by atoms with E-state index in [0.29, 0.717) is 74.1 Å². The summed E-state index contributed by atoms with van der Waals surface area (Å²) in [7, 11) is 3.08. The van der Waals surface area contributed by atoms with Crippen molar-refractivity contribution in [2.75, 3.05) is 45.8 Å². The third kappa shape index (κ3) is 13.9. The molecule has 390 valence electrons. The third-order valence-corrected chi connectivity index (χ3v) is 13.3. The van der Waals surface area contributed by atoms with Crippen LogP contribution in [0.25, 0.3) is 0 Å². The second-order valence-electron chi connectivity index (χ2n) is 18.7. The molecule has 6 rings (SSSR count). The van der Waals surface area contributed by atoms with Crippen LogP contribution >= 0.6 is 0 Å². The standard InChI is InChI=1S/C53H64N6O14/c1-6-53(2,3)47(64)51(68)58-28-10-7-16-37(58)52(69)73-38(21-18-32-19-22-39(70-4)41(29-32)71-5)33-13-11-14-34(30-33)56-43(61)25-24-42(60)54-26-8-9-27-55-45(63)31-72-40-17-12-15-35-46(40)50(67)59(49(35)66)36-20-23-44(62)57-48(36)65/h11-15,17,19,22,29-30,36-38H,6-10,16,18,20-21,23-28,31H2,1-5H3,(H,54,60)(H,55,63)(H,56,61)(H,57,62,65)/t36?,37?,38-/m1/s1. The minimum absolute atomic E-state index is 0.000398. The molecular formula is C53H64N6O14. The zero-order chi connectivity index (χ0) is 52.8. The van der Waals surface area contributed by atoms with Gasteiger partial charge in [-0.15, -0.1) is 0 Å². The number of unbranched alkanes of at least 4 members (excludes halogenated alkanes) is 1. The Morgan fingerprint density at radius 3 is 2.22 bits per heavy atom. The number of nitrogens with zero attached hydrogens (tertiary/aromatic N) is 2. The molecule has 73 heavy (non-hydrogen) atoms. The van der Waals surface area contributed by atoms with Crippen molar-refractivity contribution in [1.29, 1.82) is 0 Å². The van der Waals surface area contributed by atoms with Crippen molar-refractivity contribution in [2.45, 2.75) is 116 Å². The van der Waals surface area contributed by atoms with E-state index in [2.05, 4.69) is 21.3 Å². The van der Waals surface area contributed by atoms with E-state index in [4.69, 9.17) is 18.9 Å². The van der Waals surface area contributed by atoms with Gasteiger partial charge in [-0.05, 0) is 105 Å². The van der Waals surface area contributed by atoms with E-state index in [1.54, 1.807) is 51.3 Å². The highest BCUT2D eigenvalue weighted by Gasteiger charge is 2.46. The molecule has 0 radical (unpaired) electrons. The first-order chi connectivity index (χ1) is 35.0. The summed E-state index contributed by atoms with van der Waals surface area (Å²) in [6.45, 7) is 5.60. The summed E-state index contributed by atoms with van der Waals surface area (Å²) in [6, 6.07) is 14.6. The minimum Gasteiger partial charge on any atom is -0.493 e. The number of methoxy groups -OCH3 is 2. The van der Waals surface area contributed by atoms with E-state index in [-0.39, 0.29) is 68.1 Å². The Hall–Kier alpha value is -7.64. The lowest BCUT2D eigenvalue weighted by Crippen LogP contribution is -2.54. The van der Waals surface area contributed by atoms with Gasteiger partial charge in [0.1, 0.15) is 23.9 Å². The molecule has 4 N–H and O–H groups in total. The number of ketones is 1. The summed E-state index contributed by atoms with van der Waals surface area (Å²) < 4.78 is 22.7. The minimum atomic E-state index is -1.14. The Morgan fingerprint density at radius 2 is 1.51 bits per heavy atom. The Bertz CT molecular complexity index is 2610. The lowest BCUT2D eigenvalue weighted by molar-refractivity contribution is -0.164. The molecule has 3 aliphatic heterocycles. The lowest BCUT2D eigenvalue weighted by Gasteiger charge is -2.36. The number of rotatable bonds is 24. The molecular weight excluding hydrogens is 945 g/mol. The van der Waals surface area contributed by atoms with Crippen LogP contribution in [0.5, 0.6) is 17.2 Å². The van der Waals surface area contributed by atoms with Crippen LogP contribution in [0.2, 0.25) is 0 Å². The van der Waals surface area contributed by atoms with E-state index in [1.165, 1.54) is 30.2 Å². The van der Waals surface area contributed by atoms with Gasteiger partial charge in [0, 0.05) is 50.0 Å². The van der Waals surface area contributed by atoms with Crippen LogP contribution in [0, 0.1) is 5.41 Å². The smallest absolute Gasteiger partial charge is 0.329 e. The highest BCUT2D eigenvalue weighted by atomic mass is 16.5.